The van der Waals surface area contributed by atoms with E-state index < -0.39 is 0 Å². The van der Waals surface area contributed by atoms with Gasteiger partial charge < -0.3 is 9.13 Å². The number of hydrogen-bond acceptors (Lipinski definition) is 4. The molecule has 0 saturated heterocycles. The number of nitrogens with zero attached hydrogens (tertiary/aromatic N) is 4. The van der Waals surface area contributed by atoms with Crippen molar-refractivity contribution >= 4 is 28.4 Å². The number of hydrogen-bond donors (Lipinski definition) is 0. The van der Waals surface area contributed by atoms with Crippen LogP contribution in [0.5, 0.6) is 0 Å². The molecule has 0 spiro atoms. The Kier molecular flexibility index (Phi) is 5.08. The number of para-hydroxylation sites is 1. The number of aromatic nitrogens is 3. The highest BCUT2D eigenvalue weighted by Gasteiger charge is 2.10. The van der Waals surface area contributed by atoms with Crippen LogP contribution in [0.25, 0.3) is 10.6 Å². The predicted molar refractivity (Wildman–Crippen MR) is 104 cm³/mol. The molecule has 0 aliphatic carbocycles. The van der Waals surface area contributed by atoms with Gasteiger partial charge in [-0.05, 0) is 30.0 Å². The Labute approximate surface area is 158 Å². The summed E-state index contributed by atoms with van der Waals surface area (Å²) in [6.07, 6.45) is 6.51. The van der Waals surface area contributed by atoms with E-state index in [0.29, 0.717) is 5.69 Å². The molecule has 3 aromatic heterocycles. The van der Waals surface area contributed by atoms with Crippen molar-refractivity contribution in [3.63, 3.8) is 0 Å². The van der Waals surface area contributed by atoms with E-state index in [4.69, 9.17) is 0 Å². The van der Waals surface area contributed by atoms with Crippen molar-refractivity contribution in [2.24, 2.45) is 4.99 Å². The molecule has 1 aromatic carbocycles. The van der Waals surface area contributed by atoms with Crippen molar-refractivity contribution in [1.29, 1.82) is 0 Å². The third-order valence-electron chi connectivity index (χ3n) is 4.00. The highest BCUT2D eigenvalue weighted by Crippen LogP contribution is 2.26. The Morgan fingerprint density at radius 1 is 1.08 bits per heavy atom. The minimum Gasteiger partial charge on any atom is -0.337 e. The van der Waals surface area contributed by atoms with Crippen LogP contribution in [0.4, 0.5) is 10.1 Å². The number of imidazole rings is 1. The van der Waals surface area contributed by atoms with E-state index in [0.717, 1.165) is 30.0 Å². The molecule has 0 fully saturated rings. The highest BCUT2D eigenvalue weighted by molar-refractivity contribution is 7.14. The molecule has 0 bridgehead atoms. The first-order chi connectivity index (χ1) is 12.8. The van der Waals surface area contributed by atoms with Crippen molar-refractivity contribution in [2.45, 2.75) is 19.5 Å². The Morgan fingerprint density at radius 3 is 2.77 bits per heavy atom. The Hall–Kier alpha value is -2.51. The maximum absolute atomic E-state index is 14.0. The summed E-state index contributed by atoms with van der Waals surface area (Å²) in [5.74, 6) is -0.302. The molecule has 0 aliphatic heterocycles. The van der Waals surface area contributed by atoms with Gasteiger partial charge in [-0.2, -0.15) is 0 Å². The summed E-state index contributed by atoms with van der Waals surface area (Å²) in [4.78, 5) is 10.7. The SMILES string of the molecule is Fc1ccccc1N=c1scc(-c2cccs2)n1CCCn1ccnc1. The third kappa shape index (κ3) is 3.68. The molecule has 4 nitrogen and oxygen atoms in total. The molecule has 0 atom stereocenters. The van der Waals surface area contributed by atoms with Crippen molar-refractivity contribution in [1.82, 2.24) is 14.1 Å². The first kappa shape index (κ1) is 16.9. The highest BCUT2D eigenvalue weighted by atomic mass is 32.1. The zero-order valence-electron chi connectivity index (χ0n) is 14.0. The van der Waals surface area contributed by atoms with Gasteiger partial charge in [-0.3, -0.25) is 0 Å². The van der Waals surface area contributed by atoms with Gasteiger partial charge in [0.15, 0.2) is 4.80 Å². The fourth-order valence-electron chi connectivity index (χ4n) is 2.73. The summed E-state index contributed by atoms with van der Waals surface area (Å²) in [6, 6.07) is 10.8. The van der Waals surface area contributed by atoms with Gasteiger partial charge in [-0.1, -0.05) is 18.2 Å². The van der Waals surface area contributed by atoms with Gasteiger partial charge >= 0.3 is 0 Å². The second-order valence-electron chi connectivity index (χ2n) is 5.75. The lowest BCUT2D eigenvalue weighted by Gasteiger charge is -2.08. The second kappa shape index (κ2) is 7.80. The quantitative estimate of drug-likeness (QED) is 0.464. The lowest BCUT2D eigenvalue weighted by atomic mass is 10.3. The number of thiazole rings is 1. The molecule has 0 unspecified atom stereocenters. The molecule has 26 heavy (non-hydrogen) atoms. The van der Waals surface area contributed by atoms with Crippen molar-refractivity contribution in [3.05, 3.63) is 76.5 Å². The van der Waals surface area contributed by atoms with E-state index in [1.807, 2.05) is 18.6 Å². The number of halogens is 1. The topological polar surface area (TPSA) is 35.1 Å². The van der Waals surface area contributed by atoms with E-state index in [2.05, 4.69) is 35.9 Å². The molecular weight excluding hydrogens is 367 g/mol. The molecule has 0 radical (unpaired) electrons. The number of thiophene rings is 1. The van der Waals surface area contributed by atoms with Gasteiger partial charge in [-0.25, -0.2) is 14.4 Å². The number of benzene rings is 1. The van der Waals surface area contributed by atoms with Crippen LogP contribution in [-0.4, -0.2) is 14.1 Å². The van der Waals surface area contributed by atoms with Gasteiger partial charge in [0.05, 0.1) is 16.9 Å². The minimum atomic E-state index is -0.302. The molecule has 132 valence electrons. The Morgan fingerprint density at radius 2 is 2.00 bits per heavy atom. The van der Waals surface area contributed by atoms with E-state index in [1.54, 1.807) is 47.1 Å². The normalized spacial score (nSPS) is 12.0. The van der Waals surface area contributed by atoms with Gasteiger partial charge in [-0.15, -0.1) is 22.7 Å². The van der Waals surface area contributed by atoms with Crippen LogP contribution >= 0.6 is 22.7 Å². The van der Waals surface area contributed by atoms with Crippen molar-refractivity contribution < 1.29 is 4.39 Å². The molecule has 4 aromatic rings. The predicted octanol–water partition coefficient (Wildman–Crippen LogP) is 4.94. The maximum Gasteiger partial charge on any atom is 0.190 e. The molecule has 0 aliphatic rings. The summed E-state index contributed by atoms with van der Waals surface area (Å²) < 4.78 is 18.3. The monoisotopic (exact) mass is 384 g/mol. The lowest BCUT2D eigenvalue weighted by molar-refractivity contribution is 0.558. The van der Waals surface area contributed by atoms with Gasteiger partial charge in [0, 0.05) is 30.9 Å². The summed E-state index contributed by atoms with van der Waals surface area (Å²) in [5, 5.41) is 4.17. The zero-order chi connectivity index (χ0) is 17.8. The van der Waals surface area contributed by atoms with E-state index >= 15 is 0 Å². The molecule has 0 amide bonds. The van der Waals surface area contributed by atoms with E-state index in [-0.39, 0.29) is 5.82 Å². The summed E-state index contributed by atoms with van der Waals surface area (Å²) in [7, 11) is 0. The van der Waals surface area contributed by atoms with Gasteiger partial charge in [0.2, 0.25) is 0 Å². The first-order valence-electron chi connectivity index (χ1n) is 8.28. The van der Waals surface area contributed by atoms with Crippen LogP contribution in [0.15, 0.2) is 70.9 Å². The van der Waals surface area contributed by atoms with Crippen LogP contribution in [0, 0.1) is 5.82 Å². The summed E-state index contributed by atoms with van der Waals surface area (Å²) in [6.45, 7) is 1.69. The third-order valence-corrected chi connectivity index (χ3v) is 5.75. The summed E-state index contributed by atoms with van der Waals surface area (Å²) >= 11 is 3.24. The average Bonchev–Trinajstić information content (AvgIpc) is 3.39. The Balaban J connectivity index is 1.68. The molecule has 0 N–H and O–H groups in total. The van der Waals surface area contributed by atoms with Gasteiger partial charge in [0.25, 0.3) is 0 Å². The van der Waals surface area contributed by atoms with E-state index in [9.17, 15) is 4.39 Å². The summed E-state index contributed by atoms with van der Waals surface area (Å²) in [5.41, 5.74) is 1.50. The average molecular weight is 385 g/mol. The van der Waals surface area contributed by atoms with Crippen molar-refractivity contribution in [2.75, 3.05) is 0 Å². The standard InChI is InChI=1S/C19H17FN4S2/c20-15-5-1-2-6-16(15)22-19-24(10-4-9-23-11-8-21-14-23)17(13-26-19)18-7-3-12-25-18/h1-3,5-8,11-14H,4,9-10H2. The van der Waals surface area contributed by atoms with E-state index in [1.165, 1.54) is 10.9 Å². The zero-order valence-corrected chi connectivity index (χ0v) is 15.6. The lowest BCUT2D eigenvalue weighted by Crippen LogP contribution is -2.17. The molecule has 4 rings (SSSR count). The van der Waals surface area contributed by atoms with Crippen LogP contribution in [-0.2, 0) is 13.1 Å². The first-order valence-corrected chi connectivity index (χ1v) is 10.0. The molecule has 0 saturated carbocycles. The van der Waals surface area contributed by atoms with Crippen LogP contribution in [0.1, 0.15) is 6.42 Å². The second-order valence-corrected chi connectivity index (χ2v) is 7.53. The molecule has 7 heteroatoms. The van der Waals surface area contributed by atoms with Crippen LogP contribution < -0.4 is 4.80 Å². The molecule has 3 heterocycles. The molecular formula is C19H17FN4S2. The van der Waals surface area contributed by atoms with Crippen LogP contribution in [0.3, 0.4) is 0 Å². The fraction of sp³-hybridized carbons (Fsp3) is 0.158. The Bertz CT molecular complexity index is 1030. The number of aryl methyl sites for hydroxylation is 1. The fourth-order valence-corrected chi connectivity index (χ4v) is 4.50. The smallest absolute Gasteiger partial charge is 0.190 e. The minimum absolute atomic E-state index is 0.302. The number of rotatable bonds is 6. The van der Waals surface area contributed by atoms with Crippen LogP contribution in [0.2, 0.25) is 0 Å². The van der Waals surface area contributed by atoms with Gasteiger partial charge in [0.1, 0.15) is 11.5 Å². The maximum atomic E-state index is 14.0. The van der Waals surface area contributed by atoms with Crippen molar-refractivity contribution in [3.8, 4) is 10.6 Å². The largest absolute Gasteiger partial charge is 0.337 e.